The predicted octanol–water partition coefficient (Wildman–Crippen LogP) is 5.45. The molecule has 1 N–H and O–H groups in total. The van der Waals surface area contributed by atoms with Gasteiger partial charge in [0.05, 0.1) is 11.2 Å². The molecule has 0 unspecified atom stereocenters. The van der Waals surface area contributed by atoms with E-state index >= 15 is 0 Å². The van der Waals surface area contributed by atoms with E-state index in [0.29, 0.717) is 10.9 Å². The summed E-state index contributed by atoms with van der Waals surface area (Å²) >= 11 is 2.02. The summed E-state index contributed by atoms with van der Waals surface area (Å²) in [5.74, 6) is 0. The number of nitrogens with zero attached hydrogens (tertiary/aromatic N) is 2. The fraction of sp³-hybridized carbons (Fsp3) is 0.421. The molecule has 0 bridgehead atoms. The van der Waals surface area contributed by atoms with E-state index in [-0.39, 0.29) is 5.69 Å². The molecule has 0 aliphatic carbocycles. The summed E-state index contributed by atoms with van der Waals surface area (Å²) in [5, 5.41) is 10.1. The Morgan fingerprint density at radius 1 is 1.00 bits per heavy atom. The second-order valence-electron chi connectivity index (χ2n) is 8.13. The Labute approximate surface area is 176 Å². The molecule has 0 atom stereocenters. The molecule has 1 aromatic carbocycles. The molecule has 2 amide bonds. The van der Waals surface area contributed by atoms with Gasteiger partial charge in [-0.3, -0.25) is 4.57 Å². The zero-order valence-electron chi connectivity index (χ0n) is 16.6. The maximum absolute atomic E-state index is 12.7. The van der Waals surface area contributed by atoms with Gasteiger partial charge >= 0.3 is 18.3 Å². The van der Waals surface area contributed by atoms with Crippen LogP contribution < -0.4 is 4.90 Å². The largest absolute Gasteiger partial charge is 0.464 e. The van der Waals surface area contributed by atoms with Crippen LogP contribution in [0.15, 0.2) is 24.4 Å². The highest BCUT2D eigenvalue weighted by atomic mass is 127. The van der Waals surface area contributed by atoms with Crippen molar-refractivity contribution in [2.45, 2.75) is 52.7 Å². The zero-order valence-corrected chi connectivity index (χ0v) is 18.7. The molecule has 0 saturated heterocycles. The van der Waals surface area contributed by atoms with Crippen molar-refractivity contribution >= 4 is 57.5 Å². The lowest BCUT2D eigenvalue weighted by molar-refractivity contribution is 0.0430. The Bertz CT molecular complexity index is 908. The molecule has 28 heavy (non-hydrogen) atoms. The number of carbonyl (C=O) groups excluding carboxylic acids is 2. The second kappa shape index (κ2) is 7.61. The number of ether oxygens (including phenoxy) is 2. The summed E-state index contributed by atoms with van der Waals surface area (Å²) in [7, 11) is 0. The first-order chi connectivity index (χ1) is 12.7. The quantitative estimate of drug-likeness (QED) is 0.521. The molecule has 1 aromatic heterocycles. The first-order valence-electron chi connectivity index (χ1n) is 8.49. The van der Waals surface area contributed by atoms with Crippen LogP contribution in [0.1, 0.15) is 41.5 Å². The van der Waals surface area contributed by atoms with Gasteiger partial charge in [0.2, 0.25) is 0 Å². The highest BCUT2D eigenvalue weighted by Crippen LogP contribution is 2.29. The van der Waals surface area contributed by atoms with Gasteiger partial charge in [0, 0.05) is 15.2 Å². The van der Waals surface area contributed by atoms with Gasteiger partial charge in [0.15, 0.2) is 0 Å². The van der Waals surface area contributed by atoms with Crippen molar-refractivity contribution in [3.63, 3.8) is 0 Å². The average Bonchev–Trinajstić information content (AvgIpc) is 2.80. The zero-order chi connectivity index (χ0) is 21.4. The highest BCUT2D eigenvalue weighted by molar-refractivity contribution is 14.1. The molecular formula is C19H23IN2O6. The van der Waals surface area contributed by atoms with E-state index in [1.165, 1.54) is 12.3 Å². The molecule has 0 fully saturated rings. The van der Waals surface area contributed by atoms with Crippen LogP contribution in [0, 0.1) is 3.57 Å². The molecule has 2 rings (SSSR count). The van der Waals surface area contributed by atoms with Crippen molar-refractivity contribution in [3.8, 4) is 0 Å². The number of hydrogen-bond acceptors (Lipinski definition) is 5. The molecule has 2 aromatic rings. The number of halogens is 1. The van der Waals surface area contributed by atoms with E-state index in [1.54, 1.807) is 53.7 Å². The molecular weight excluding hydrogens is 479 g/mol. The van der Waals surface area contributed by atoms with Crippen LogP contribution in [-0.2, 0) is 9.47 Å². The normalized spacial score (nSPS) is 12.0. The Balaban J connectivity index is 2.59. The van der Waals surface area contributed by atoms with Crippen molar-refractivity contribution in [1.82, 2.24) is 4.57 Å². The summed E-state index contributed by atoms with van der Waals surface area (Å²) in [6.07, 6.45) is -1.54. The number of aromatic nitrogens is 1. The standard InChI is InChI=1S/C19H23IN2O6/c1-18(2,3)27-16(25)22(17(26)28-19(4,5)6)11-7-8-12-13(20)10-21(15(23)24)14(12)9-11/h7-10H,1-6H3,(H,23,24). The average molecular weight is 502 g/mol. The van der Waals surface area contributed by atoms with E-state index in [9.17, 15) is 19.5 Å². The second-order valence-corrected chi connectivity index (χ2v) is 9.29. The first kappa shape index (κ1) is 22.0. The lowest BCUT2D eigenvalue weighted by Gasteiger charge is -2.28. The van der Waals surface area contributed by atoms with Crippen molar-refractivity contribution in [2.75, 3.05) is 4.90 Å². The number of amides is 2. The number of carbonyl (C=O) groups is 3. The Hall–Kier alpha value is -2.30. The topological polar surface area (TPSA) is 98.1 Å². The van der Waals surface area contributed by atoms with Crippen molar-refractivity contribution in [2.24, 2.45) is 0 Å². The Kier molecular flexibility index (Phi) is 5.98. The third-order valence-corrected chi connectivity index (χ3v) is 4.22. The van der Waals surface area contributed by atoms with Crippen molar-refractivity contribution in [3.05, 3.63) is 28.0 Å². The number of fused-ring (bicyclic) bond motifs is 1. The lowest BCUT2D eigenvalue weighted by Crippen LogP contribution is -2.43. The predicted molar refractivity (Wildman–Crippen MR) is 113 cm³/mol. The van der Waals surface area contributed by atoms with Crippen molar-refractivity contribution < 1.29 is 29.0 Å². The minimum absolute atomic E-state index is 0.146. The SMILES string of the molecule is CC(C)(C)OC(=O)N(C(=O)OC(C)(C)C)c1ccc2c(I)cn(C(=O)O)c2c1. The van der Waals surface area contributed by atoms with E-state index < -0.39 is 29.5 Å². The third kappa shape index (κ3) is 5.15. The van der Waals surface area contributed by atoms with Gasteiger partial charge in [0.25, 0.3) is 0 Å². The van der Waals surface area contributed by atoms with Crippen LogP contribution in [0.2, 0.25) is 0 Å². The van der Waals surface area contributed by atoms with Gasteiger partial charge in [-0.05, 0) is 82.3 Å². The number of imide groups is 1. The van der Waals surface area contributed by atoms with E-state index in [1.807, 2.05) is 22.6 Å². The summed E-state index contributed by atoms with van der Waals surface area (Å²) < 4.78 is 12.4. The van der Waals surface area contributed by atoms with Gasteiger partial charge in [-0.2, -0.15) is 4.90 Å². The molecule has 0 aliphatic heterocycles. The fourth-order valence-electron chi connectivity index (χ4n) is 2.37. The lowest BCUT2D eigenvalue weighted by atomic mass is 10.2. The highest BCUT2D eigenvalue weighted by Gasteiger charge is 2.33. The van der Waals surface area contributed by atoms with Gasteiger partial charge in [-0.15, -0.1) is 0 Å². The van der Waals surface area contributed by atoms with Crippen LogP contribution in [0.25, 0.3) is 10.9 Å². The number of hydrogen-bond donors (Lipinski definition) is 1. The summed E-state index contributed by atoms with van der Waals surface area (Å²) in [4.78, 5) is 37.7. The van der Waals surface area contributed by atoms with Gasteiger partial charge in [0.1, 0.15) is 11.2 Å². The van der Waals surface area contributed by atoms with Gasteiger partial charge in [-0.25, -0.2) is 14.4 Å². The van der Waals surface area contributed by atoms with E-state index in [4.69, 9.17) is 9.47 Å². The summed E-state index contributed by atoms with van der Waals surface area (Å²) in [5.41, 5.74) is -1.18. The van der Waals surface area contributed by atoms with Crippen LogP contribution in [0.4, 0.5) is 20.1 Å². The monoisotopic (exact) mass is 502 g/mol. The first-order valence-corrected chi connectivity index (χ1v) is 9.57. The molecule has 152 valence electrons. The summed E-state index contributed by atoms with van der Waals surface area (Å²) in [6.45, 7) is 10.1. The van der Waals surface area contributed by atoms with Gasteiger partial charge in [-0.1, -0.05) is 0 Å². The van der Waals surface area contributed by atoms with E-state index in [2.05, 4.69) is 0 Å². The molecule has 8 nitrogen and oxygen atoms in total. The Morgan fingerprint density at radius 2 is 1.50 bits per heavy atom. The maximum atomic E-state index is 12.7. The minimum Gasteiger partial charge on any atom is -0.464 e. The number of rotatable bonds is 1. The molecule has 0 radical (unpaired) electrons. The molecule has 0 aliphatic rings. The smallest absolute Gasteiger partial charge is 0.424 e. The van der Waals surface area contributed by atoms with Crippen LogP contribution in [0.5, 0.6) is 0 Å². The van der Waals surface area contributed by atoms with E-state index in [0.717, 1.165) is 13.0 Å². The van der Waals surface area contributed by atoms with Crippen LogP contribution in [0.3, 0.4) is 0 Å². The minimum atomic E-state index is -1.17. The van der Waals surface area contributed by atoms with Crippen LogP contribution >= 0.6 is 22.6 Å². The number of carboxylic acid groups (broad SMARTS) is 1. The fourth-order valence-corrected chi connectivity index (χ4v) is 3.11. The number of anilines is 1. The summed E-state index contributed by atoms with van der Waals surface area (Å²) in [6, 6.07) is 4.64. The Morgan fingerprint density at radius 3 is 1.93 bits per heavy atom. The number of benzene rings is 1. The molecule has 9 heteroatoms. The maximum Gasteiger partial charge on any atom is 0.424 e. The van der Waals surface area contributed by atoms with Crippen LogP contribution in [-0.4, -0.2) is 39.2 Å². The molecule has 0 spiro atoms. The molecule has 1 heterocycles. The third-order valence-electron chi connectivity index (χ3n) is 3.36. The molecule has 0 saturated carbocycles. The van der Waals surface area contributed by atoms with Gasteiger partial charge < -0.3 is 14.6 Å². The van der Waals surface area contributed by atoms with Crippen molar-refractivity contribution in [1.29, 1.82) is 0 Å².